The fraction of sp³-hybridized carbons (Fsp3) is 0.714. The Labute approximate surface area is 105 Å². The van der Waals surface area contributed by atoms with Gasteiger partial charge in [0.25, 0.3) is 0 Å². The van der Waals surface area contributed by atoms with E-state index in [1.54, 1.807) is 7.11 Å². The van der Waals surface area contributed by atoms with Crippen LogP contribution in [-0.2, 0) is 18.4 Å². The first kappa shape index (κ1) is 16.0. The summed E-state index contributed by atoms with van der Waals surface area (Å²) in [6, 6.07) is 0. The number of hydrogen-bond acceptors (Lipinski definition) is 7. The van der Waals surface area contributed by atoms with Crippen molar-refractivity contribution in [1.29, 1.82) is 0 Å². The maximum Gasteiger partial charge on any atom is 0.451 e. The Balaban J connectivity index is 3.52. The summed E-state index contributed by atoms with van der Waals surface area (Å²) in [6.45, 7) is 1.90. The molecule has 0 bridgehead atoms. The summed E-state index contributed by atoms with van der Waals surface area (Å²) >= 11 is 1.01. The third-order valence-corrected chi connectivity index (χ3v) is 3.60. The van der Waals surface area contributed by atoms with Gasteiger partial charge in [-0.3, -0.25) is 0 Å². The molecule has 0 spiro atoms. The van der Waals surface area contributed by atoms with Gasteiger partial charge in [-0.05, 0) is 6.55 Å². The second-order valence-corrected chi connectivity index (χ2v) is 6.13. The molecule has 0 unspecified atom stereocenters. The van der Waals surface area contributed by atoms with Crippen LogP contribution >= 0.6 is 12.0 Å². The minimum absolute atomic E-state index is 0.188. The van der Waals surface area contributed by atoms with Crippen LogP contribution in [0.4, 0.5) is 9.59 Å². The van der Waals surface area contributed by atoms with Crippen molar-refractivity contribution in [2.75, 3.05) is 26.3 Å². The molecule has 10 heteroatoms. The lowest BCUT2D eigenvalue weighted by molar-refractivity contribution is -0.178. The lowest BCUT2D eigenvalue weighted by atomic mass is 11.1. The number of carbonyl (C=O) groups excluding carboxylic acids is 2. The van der Waals surface area contributed by atoms with E-state index >= 15 is 0 Å². The molecule has 0 aromatic rings. The third-order valence-electron chi connectivity index (χ3n) is 1.52. The quantitative estimate of drug-likeness (QED) is 0.179. The van der Waals surface area contributed by atoms with E-state index in [1.807, 2.05) is 6.55 Å². The van der Waals surface area contributed by atoms with Crippen LogP contribution in [0, 0.1) is 0 Å². The molecular weight excluding hydrogens is 268 g/mol. The van der Waals surface area contributed by atoms with E-state index in [-0.39, 0.29) is 5.88 Å². The fourth-order valence-electron chi connectivity index (χ4n) is 0.592. The zero-order valence-corrected chi connectivity index (χ0v) is 11.8. The van der Waals surface area contributed by atoms with Crippen LogP contribution in [-0.4, -0.2) is 47.5 Å². The lowest BCUT2D eigenvalue weighted by Gasteiger charge is -2.08. The molecule has 0 heterocycles. The average Bonchev–Trinajstić information content (AvgIpc) is 2.33. The Kier molecular flexibility index (Phi) is 9.61. The van der Waals surface area contributed by atoms with Crippen molar-refractivity contribution < 1.29 is 28.0 Å². The fourth-order valence-corrected chi connectivity index (χ4v) is 1.51. The molecule has 0 aliphatic heterocycles. The van der Waals surface area contributed by atoms with Gasteiger partial charge in [-0.2, -0.15) is 0 Å². The van der Waals surface area contributed by atoms with Crippen molar-refractivity contribution in [2.45, 2.75) is 6.55 Å². The molecule has 0 aromatic heterocycles. The summed E-state index contributed by atoms with van der Waals surface area (Å²) in [7, 11) is 1.63. The summed E-state index contributed by atoms with van der Waals surface area (Å²) in [5.41, 5.74) is 0. The van der Waals surface area contributed by atoms with Crippen LogP contribution in [0.15, 0.2) is 0 Å². The number of amides is 2. The minimum atomic E-state index is -1.40. The highest BCUT2D eigenvalue weighted by Gasteiger charge is 2.10. The molecular formula is C7H16N2O6SSi. The van der Waals surface area contributed by atoms with E-state index in [9.17, 15) is 9.59 Å². The van der Waals surface area contributed by atoms with Gasteiger partial charge in [0, 0.05) is 25.3 Å². The van der Waals surface area contributed by atoms with Crippen molar-refractivity contribution in [3.8, 4) is 0 Å². The van der Waals surface area contributed by atoms with Gasteiger partial charge in [-0.15, -0.1) is 0 Å². The predicted molar refractivity (Wildman–Crippen MR) is 63.6 cm³/mol. The smallest absolute Gasteiger partial charge is 0.422 e. The van der Waals surface area contributed by atoms with Crippen LogP contribution in [0.25, 0.3) is 0 Å². The van der Waals surface area contributed by atoms with Gasteiger partial charge < -0.3 is 19.2 Å². The van der Waals surface area contributed by atoms with E-state index in [1.165, 1.54) is 7.11 Å². The van der Waals surface area contributed by atoms with Gasteiger partial charge in [0.2, 0.25) is 0 Å². The van der Waals surface area contributed by atoms with Crippen molar-refractivity contribution in [2.24, 2.45) is 0 Å². The van der Waals surface area contributed by atoms with E-state index < -0.39 is 21.2 Å². The highest BCUT2D eigenvalue weighted by atomic mass is 32.2. The summed E-state index contributed by atoms with van der Waals surface area (Å²) in [6.07, 6.45) is -1.32. The maximum atomic E-state index is 11.0. The molecule has 0 aliphatic rings. The van der Waals surface area contributed by atoms with Gasteiger partial charge in [0.15, 0.2) is 9.04 Å². The molecule has 2 amide bonds. The second kappa shape index (κ2) is 10.2. The Morgan fingerprint density at radius 2 is 1.76 bits per heavy atom. The number of hydrogen-bond donors (Lipinski definition) is 2. The molecule has 2 N–H and O–H groups in total. The Bertz CT molecular complexity index is 244. The molecule has 0 aromatic carbocycles. The first-order valence-corrected chi connectivity index (χ1v) is 8.04. The SMILES string of the molecule is COSCNC(=O)OOC(=O)NC[Si@H](C)OC. The molecule has 1 atom stereocenters. The summed E-state index contributed by atoms with van der Waals surface area (Å²) in [5.74, 6) is 0.188. The highest BCUT2D eigenvalue weighted by molar-refractivity contribution is 7.94. The van der Waals surface area contributed by atoms with Gasteiger partial charge in [-0.25, -0.2) is 19.4 Å². The molecule has 0 fully saturated rings. The van der Waals surface area contributed by atoms with Gasteiger partial charge in [0.1, 0.15) is 0 Å². The van der Waals surface area contributed by atoms with E-state index in [0.29, 0.717) is 6.17 Å². The largest absolute Gasteiger partial charge is 0.451 e. The number of nitrogens with one attached hydrogen (secondary N) is 2. The topological polar surface area (TPSA) is 95.1 Å². The van der Waals surface area contributed by atoms with Crippen LogP contribution < -0.4 is 10.6 Å². The Morgan fingerprint density at radius 1 is 1.18 bits per heavy atom. The van der Waals surface area contributed by atoms with Crippen molar-refractivity contribution in [3.05, 3.63) is 0 Å². The van der Waals surface area contributed by atoms with E-state index in [4.69, 9.17) is 4.43 Å². The Morgan fingerprint density at radius 3 is 2.29 bits per heavy atom. The monoisotopic (exact) mass is 284 g/mol. The molecule has 8 nitrogen and oxygen atoms in total. The van der Waals surface area contributed by atoms with Crippen molar-refractivity contribution in [3.63, 3.8) is 0 Å². The van der Waals surface area contributed by atoms with E-state index in [0.717, 1.165) is 12.0 Å². The maximum absolute atomic E-state index is 11.0. The first-order valence-electron chi connectivity index (χ1n) is 4.68. The van der Waals surface area contributed by atoms with Gasteiger partial charge in [-0.1, -0.05) is 0 Å². The molecule has 0 saturated heterocycles. The van der Waals surface area contributed by atoms with Crippen molar-refractivity contribution >= 4 is 33.3 Å². The zero-order chi connectivity index (χ0) is 13.1. The first-order chi connectivity index (χ1) is 8.10. The number of rotatable bonds is 6. The second-order valence-electron chi connectivity index (χ2n) is 2.77. The molecule has 100 valence electrons. The van der Waals surface area contributed by atoms with Crippen LogP contribution in [0.3, 0.4) is 0 Å². The molecule has 0 saturated carbocycles. The van der Waals surface area contributed by atoms with Crippen LogP contribution in [0.5, 0.6) is 0 Å². The highest BCUT2D eigenvalue weighted by Crippen LogP contribution is 1.95. The van der Waals surface area contributed by atoms with E-state index in [2.05, 4.69) is 24.6 Å². The molecule has 0 radical (unpaired) electrons. The third kappa shape index (κ3) is 9.93. The number of carbonyl (C=O) groups is 2. The molecule has 0 aliphatic carbocycles. The van der Waals surface area contributed by atoms with Crippen LogP contribution in [0.2, 0.25) is 6.55 Å². The predicted octanol–water partition coefficient (Wildman–Crippen LogP) is 0.145. The average molecular weight is 284 g/mol. The summed E-state index contributed by atoms with van der Waals surface area (Å²) in [5, 5.41) is 4.67. The van der Waals surface area contributed by atoms with Crippen LogP contribution in [0.1, 0.15) is 0 Å². The minimum Gasteiger partial charge on any atom is -0.422 e. The molecule has 0 rings (SSSR count). The Hall–Kier alpha value is -0.973. The standard InChI is InChI=1S/C7H16N2O6SSi/c1-12-16-4-8-6(10)14-15-7(11)9-5-17(3)13-2/h17H,4-5H2,1-3H3,(H,8,10)(H,9,11)/t17-/m0/s1. The van der Waals surface area contributed by atoms with Gasteiger partial charge in [0.05, 0.1) is 13.0 Å². The summed E-state index contributed by atoms with van der Waals surface area (Å²) < 4.78 is 9.64. The van der Waals surface area contributed by atoms with Gasteiger partial charge >= 0.3 is 12.2 Å². The summed E-state index contributed by atoms with van der Waals surface area (Å²) in [4.78, 5) is 30.2. The normalized spacial score (nSPS) is 11.5. The van der Waals surface area contributed by atoms with Crippen molar-refractivity contribution in [1.82, 2.24) is 10.6 Å². The zero-order valence-electron chi connectivity index (χ0n) is 9.85. The molecule has 17 heavy (non-hydrogen) atoms. The lowest BCUT2D eigenvalue weighted by Crippen LogP contribution is -2.36.